The summed E-state index contributed by atoms with van der Waals surface area (Å²) in [5.74, 6) is 3.87. The highest BCUT2D eigenvalue weighted by molar-refractivity contribution is 5.91. The van der Waals surface area contributed by atoms with Gasteiger partial charge in [-0.2, -0.15) is 0 Å². The Morgan fingerprint density at radius 3 is 2.65 bits per heavy atom. The molecule has 0 bridgehead atoms. The lowest BCUT2D eigenvalue weighted by molar-refractivity contribution is -0.116. The van der Waals surface area contributed by atoms with Gasteiger partial charge in [-0.1, -0.05) is 23.6 Å². The van der Waals surface area contributed by atoms with Crippen LogP contribution in [0.3, 0.4) is 0 Å². The fourth-order valence-corrected chi connectivity index (χ4v) is 7.21. The molecule has 4 aliphatic rings. The molecule has 4 aliphatic carbocycles. The molecular formula is C22H32O. The summed E-state index contributed by atoms with van der Waals surface area (Å²) in [6.45, 7) is 7.13. The van der Waals surface area contributed by atoms with Crippen molar-refractivity contribution in [2.24, 2.45) is 29.1 Å². The zero-order chi connectivity index (χ0) is 16.2. The van der Waals surface area contributed by atoms with Crippen molar-refractivity contribution in [3.63, 3.8) is 0 Å². The fourth-order valence-electron chi connectivity index (χ4n) is 7.21. The van der Waals surface area contributed by atoms with Crippen molar-refractivity contribution in [3.8, 4) is 0 Å². The topological polar surface area (TPSA) is 17.1 Å². The van der Waals surface area contributed by atoms with Crippen LogP contribution < -0.4 is 0 Å². The predicted molar refractivity (Wildman–Crippen MR) is 95.1 cm³/mol. The molecule has 3 fully saturated rings. The molecule has 0 amide bonds. The van der Waals surface area contributed by atoms with Gasteiger partial charge in [0.05, 0.1) is 0 Å². The summed E-state index contributed by atoms with van der Waals surface area (Å²) in [5.41, 5.74) is 5.48. The van der Waals surface area contributed by atoms with E-state index in [-0.39, 0.29) is 0 Å². The number of hydrogen-bond acceptors (Lipinski definition) is 1. The molecule has 0 aromatic rings. The van der Waals surface area contributed by atoms with Crippen molar-refractivity contribution in [1.82, 2.24) is 0 Å². The van der Waals surface area contributed by atoms with Gasteiger partial charge < -0.3 is 0 Å². The van der Waals surface area contributed by atoms with Crippen molar-refractivity contribution in [2.45, 2.75) is 78.6 Å². The summed E-state index contributed by atoms with van der Waals surface area (Å²) < 4.78 is 0. The summed E-state index contributed by atoms with van der Waals surface area (Å²) in [7, 11) is 0. The average molecular weight is 312 g/mol. The lowest BCUT2D eigenvalue weighted by Gasteiger charge is -2.54. The minimum Gasteiger partial charge on any atom is -0.295 e. The summed E-state index contributed by atoms with van der Waals surface area (Å²) in [6.07, 6.45) is 13.5. The normalized spacial score (nSPS) is 42.7. The van der Waals surface area contributed by atoms with E-state index in [1.165, 1.54) is 50.5 Å². The Morgan fingerprint density at radius 1 is 1.09 bits per heavy atom. The summed E-state index contributed by atoms with van der Waals surface area (Å²) in [4.78, 5) is 11.8. The zero-order valence-electron chi connectivity index (χ0n) is 15.2. The van der Waals surface area contributed by atoms with E-state index >= 15 is 0 Å². The molecule has 4 rings (SSSR count). The molecule has 3 unspecified atom stereocenters. The van der Waals surface area contributed by atoms with Gasteiger partial charge in [0.15, 0.2) is 5.78 Å². The SMILES string of the molecule is CC[C@]12CCC3C(CCC4=CC(=O)CC[C@@H]43)C1CCC2=C(C)C. The quantitative estimate of drug-likeness (QED) is 0.555. The Bertz CT molecular complexity index is 577. The smallest absolute Gasteiger partial charge is 0.155 e. The van der Waals surface area contributed by atoms with Crippen molar-refractivity contribution in [1.29, 1.82) is 0 Å². The molecule has 126 valence electrons. The first-order valence-electron chi connectivity index (χ1n) is 9.97. The largest absolute Gasteiger partial charge is 0.295 e. The summed E-state index contributed by atoms with van der Waals surface area (Å²) in [5, 5.41) is 0. The molecule has 23 heavy (non-hydrogen) atoms. The van der Waals surface area contributed by atoms with Crippen LogP contribution in [-0.2, 0) is 4.79 Å². The maximum atomic E-state index is 11.8. The molecule has 0 aliphatic heterocycles. The Labute approximate surface area is 141 Å². The van der Waals surface area contributed by atoms with Gasteiger partial charge >= 0.3 is 0 Å². The van der Waals surface area contributed by atoms with Gasteiger partial charge in [0.1, 0.15) is 0 Å². The van der Waals surface area contributed by atoms with E-state index in [9.17, 15) is 4.79 Å². The first-order chi connectivity index (χ1) is 11.1. The second-order valence-corrected chi connectivity index (χ2v) is 8.87. The van der Waals surface area contributed by atoms with E-state index < -0.39 is 0 Å². The number of carbonyl (C=O) groups is 1. The predicted octanol–water partition coefficient (Wildman–Crippen LogP) is 5.85. The van der Waals surface area contributed by atoms with Gasteiger partial charge in [-0.3, -0.25) is 4.79 Å². The number of carbonyl (C=O) groups excluding carboxylic acids is 1. The molecule has 0 aromatic heterocycles. The van der Waals surface area contributed by atoms with Crippen LogP contribution in [0.15, 0.2) is 22.8 Å². The van der Waals surface area contributed by atoms with Crippen LogP contribution in [0, 0.1) is 29.1 Å². The molecule has 0 saturated heterocycles. The van der Waals surface area contributed by atoms with Crippen molar-refractivity contribution in [3.05, 3.63) is 22.8 Å². The average Bonchev–Trinajstić information content (AvgIpc) is 2.94. The van der Waals surface area contributed by atoms with Crippen LogP contribution in [0.2, 0.25) is 0 Å². The fraction of sp³-hybridized carbons (Fsp3) is 0.773. The van der Waals surface area contributed by atoms with E-state index in [0.717, 1.165) is 36.5 Å². The third kappa shape index (κ3) is 2.22. The van der Waals surface area contributed by atoms with Crippen molar-refractivity contribution < 1.29 is 4.79 Å². The molecule has 0 aromatic carbocycles. The maximum Gasteiger partial charge on any atom is 0.155 e. The van der Waals surface area contributed by atoms with Crippen LogP contribution in [0.5, 0.6) is 0 Å². The van der Waals surface area contributed by atoms with E-state index in [4.69, 9.17) is 0 Å². The van der Waals surface area contributed by atoms with Crippen LogP contribution in [0.25, 0.3) is 0 Å². The lowest BCUT2D eigenvalue weighted by atomic mass is 9.50. The van der Waals surface area contributed by atoms with Crippen LogP contribution in [0.1, 0.15) is 78.6 Å². The number of hydrogen-bond donors (Lipinski definition) is 0. The minimum atomic E-state index is 0.390. The Kier molecular flexibility index (Phi) is 3.82. The van der Waals surface area contributed by atoms with Gasteiger partial charge in [-0.15, -0.1) is 0 Å². The first-order valence-corrected chi connectivity index (χ1v) is 9.97. The Balaban J connectivity index is 1.67. The molecule has 1 heteroatoms. The van der Waals surface area contributed by atoms with Gasteiger partial charge in [-0.25, -0.2) is 0 Å². The molecule has 0 heterocycles. The second-order valence-electron chi connectivity index (χ2n) is 8.87. The second kappa shape index (κ2) is 5.60. The molecule has 1 nitrogen and oxygen atoms in total. The number of rotatable bonds is 1. The Hall–Kier alpha value is -0.850. The van der Waals surface area contributed by atoms with E-state index in [1.807, 2.05) is 11.6 Å². The number of fused-ring (bicyclic) bond motifs is 5. The van der Waals surface area contributed by atoms with Gasteiger partial charge in [0.2, 0.25) is 0 Å². The van der Waals surface area contributed by atoms with Crippen LogP contribution >= 0.6 is 0 Å². The van der Waals surface area contributed by atoms with Gasteiger partial charge in [0.25, 0.3) is 0 Å². The standard InChI is InChI=1S/C22H32O/c1-4-22-12-11-18-17-8-6-16(23)13-15(17)5-7-19(18)21(22)10-9-20(22)14(2)3/h13,17-19,21H,4-12H2,1-3H3/t17-,18?,19?,21?,22+/m0/s1. The van der Waals surface area contributed by atoms with Gasteiger partial charge in [-0.05, 0) is 100 Å². The zero-order valence-corrected chi connectivity index (χ0v) is 15.2. The maximum absolute atomic E-state index is 11.8. The molecule has 3 saturated carbocycles. The third-order valence-electron chi connectivity index (χ3n) is 8.05. The van der Waals surface area contributed by atoms with Crippen LogP contribution in [0.4, 0.5) is 0 Å². The lowest BCUT2D eigenvalue weighted by Crippen LogP contribution is -2.46. The molecule has 0 radical (unpaired) electrons. The third-order valence-corrected chi connectivity index (χ3v) is 8.05. The highest BCUT2D eigenvalue weighted by Gasteiger charge is 2.55. The number of allylic oxidation sites excluding steroid dienone is 3. The highest BCUT2D eigenvalue weighted by atomic mass is 16.1. The molecular weight excluding hydrogens is 280 g/mol. The molecule has 0 N–H and O–H groups in total. The monoisotopic (exact) mass is 312 g/mol. The van der Waals surface area contributed by atoms with E-state index in [2.05, 4.69) is 20.8 Å². The highest BCUT2D eigenvalue weighted by Crippen LogP contribution is 2.65. The van der Waals surface area contributed by atoms with Gasteiger partial charge in [0, 0.05) is 6.42 Å². The summed E-state index contributed by atoms with van der Waals surface area (Å²) in [6, 6.07) is 0. The van der Waals surface area contributed by atoms with Crippen molar-refractivity contribution >= 4 is 5.78 Å². The van der Waals surface area contributed by atoms with E-state index in [0.29, 0.717) is 11.2 Å². The van der Waals surface area contributed by atoms with E-state index in [1.54, 1.807) is 5.57 Å². The summed E-state index contributed by atoms with van der Waals surface area (Å²) >= 11 is 0. The minimum absolute atomic E-state index is 0.390. The Morgan fingerprint density at radius 2 is 1.91 bits per heavy atom. The molecule has 0 spiro atoms. The first kappa shape index (κ1) is 15.7. The van der Waals surface area contributed by atoms with Crippen molar-refractivity contribution in [2.75, 3.05) is 0 Å². The number of ketones is 1. The molecule has 5 atom stereocenters. The van der Waals surface area contributed by atoms with Crippen LogP contribution in [-0.4, -0.2) is 5.78 Å².